The van der Waals surface area contributed by atoms with Crippen LogP contribution in [0.4, 0.5) is 4.39 Å². The Kier molecular flexibility index (Phi) is 3.59. The molecule has 1 aromatic heterocycles. The van der Waals surface area contributed by atoms with Gasteiger partial charge in [-0.3, -0.25) is 9.88 Å². The lowest BCUT2D eigenvalue weighted by atomic mass is 9.90. The Bertz CT molecular complexity index is 378. The number of hydrogen-bond donors (Lipinski definition) is 1. The maximum Gasteiger partial charge on any atom is 0.330 e. The minimum Gasteiger partial charge on any atom is -0.480 e. The minimum absolute atomic E-state index is 0.342. The normalized spacial score (nSPS) is 14.8. The van der Waals surface area contributed by atoms with Crippen LogP contribution in [0.5, 0.6) is 0 Å². The van der Waals surface area contributed by atoms with Crippen molar-refractivity contribution in [2.24, 2.45) is 0 Å². The standard InChI is InChI=1S/C11H15FN2O2/c1-4-11(10(15)16,14(2)3)9-6-5-8(12)7-13-9/h5-7H,4H2,1-3H3,(H,15,16). The van der Waals surface area contributed by atoms with Gasteiger partial charge in [-0.15, -0.1) is 0 Å². The van der Waals surface area contributed by atoms with Crippen molar-refractivity contribution in [1.82, 2.24) is 9.88 Å². The van der Waals surface area contributed by atoms with Crippen LogP contribution in [0.15, 0.2) is 18.3 Å². The average molecular weight is 226 g/mol. The number of likely N-dealkylation sites (N-methyl/N-ethyl adjacent to an activating group) is 1. The second-order valence-electron chi connectivity index (χ2n) is 3.78. The molecule has 0 saturated carbocycles. The number of rotatable bonds is 4. The number of carbonyl (C=O) groups is 1. The van der Waals surface area contributed by atoms with Crippen LogP contribution < -0.4 is 0 Å². The van der Waals surface area contributed by atoms with E-state index in [2.05, 4.69) is 4.98 Å². The molecule has 0 amide bonds. The zero-order valence-corrected chi connectivity index (χ0v) is 9.57. The van der Waals surface area contributed by atoms with Crippen molar-refractivity contribution in [3.05, 3.63) is 29.8 Å². The molecule has 1 atom stereocenters. The number of hydrogen-bond acceptors (Lipinski definition) is 3. The molecule has 1 unspecified atom stereocenters. The summed E-state index contributed by atoms with van der Waals surface area (Å²) in [5.74, 6) is -1.46. The molecular formula is C11H15FN2O2. The number of aliphatic carboxylic acids is 1. The fourth-order valence-electron chi connectivity index (χ4n) is 1.80. The molecule has 1 aromatic rings. The van der Waals surface area contributed by atoms with Crippen LogP contribution in [-0.2, 0) is 10.3 Å². The highest BCUT2D eigenvalue weighted by Crippen LogP contribution is 2.29. The number of aromatic nitrogens is 1. The van der Waals surface area contributed by atoms with Gasteiger partial charge < -0.3 is 5.11 Å². The Morgan fingerprint density at radius 3 is 2.50 bits per heavy atom. The van der Waals surface area contributed by atoms with Crippen molar-refractivity contribution in [3.8, 4) is 0 Å². The molecule has 5 heteroatoms. The lowest BCUT2D eigenvalue weighted by Crippen LogP contribution is -2.48. The maximum absolute atomic E-state index is 12.8. The van der Waals surface area contributed by atoms with E-state index in [1.165, 1.54) is 12.1 Å². The molecule has 0 radical (unpaired) electrons. The van der Waals surface area contributed by atoms with Crippen LogP contribution in [0.2, 0.25) is 0 Å². The number of pyridine rings is 1. The van der Waals surface area contributed by atoms with Gasteiger partial charge in [0, 0.05) is 0 Å². The second-order valence-corrected chi connectivity index (χ2v) is 3.78. The van der Waals surface area contributed by atoms with E-state index in [-0.39, 0.29) is 0 Å². The van der Waals surface area contributed by atoms with E-state index in [4.69, 9.17) is 0 Å². The summed E-state index contributed by atoms with van der Waals surface area (Å²) in [6.45, 7) is 1.76. The maximum atomic E-state index is 12.8. The van der Waals surface area contributed by atoms with Gasteiger partial charge in [-0.05, 0) is 32.6 Å². The van der Waals surface area contributed by atoms with Gasteiger partial charge in [-0.2, -0.15) is 0 Å². The zero-order valence-electron chi connectivity index (χ0n) is 9.57. The van der Waals surface area contributed by atoms with Crippen LogP contribution in [-0.4, -0.2) is 35.1 Å². The zero-order chi connectivity index (χ0) is 12.3. The molecule has 0 aromatic carbocycles. The molecule has 4 nitrogen and oxygen atoms in total. The third kappa shape index (κ3) is 1.90. The van der Waals surface area contributed by atoms with E-state index in [1.807, 2.05) is 0 Å². The smallest absolute Gasteiger partial charge is 0.330 e. The van der Waals surface area contributed by atoms with E-state index < -0.39 is 17.3 Å². The first kappa shape index (κ1) is 12.6. The molecule has 0 spiro atoms. The topological polar surface area (TPSA) is 53.4 Å². The van der Waals surface area contributed by atoms with Crippen molar-refractivity contribution in [2.75, 3.05) is 14.1 Å². The predicted octanol–water partition coefficient (Wildman–Crippen LogP) is 1.47. The third-order valence-electron chi connectivity index (χ3n) is 2.78. The molecule has 88 valence electrons. The van der Waals surface area contributed by atoms with E-state index in [9.17, 15) is 14.3 Å². The highest BCUT2D eigenvalue weighted by Gasteiger charge is 2.42. The van der Waals surface area contributed by atoms with Gasteiger partial charge in [-0.25, -0.2) is 9.18 Å². The molecule has 1 heterocycles. The average Bonchev–Trinajstić information content (AvgIpc) is 2.21. The van der Waals surface area contributed by atoms with Crippen LogP contribution >= 0.6 is 0 Å². The lowest BCUT2D eigenvalue weighted by Gasteiger charge is -2.34. The fraction of sp³-hybridized carbons (Fsp3) is 0.455. The van der Waals surface area contributed by atoms with Crippen molar-refractivity contribution in [2.45, 2.75) is 18.9 Å². The largest absolute Gasteiger partial charge is 0.480 e. The van der Waals surface area contributed by atoms with E-state index in [1.54, 1.807) is 25.9 Å². The van der Waals surface area contributed by atoms with E-state index in [0.717, 1.165) is 6.20 Å². The molecule has 0 saturated heterocycles. The Balaban J connectivity index is 3.30. The molecule has 0 bridgehead atoms. The summed E-state index contributed by atoms with van der Waals surface area (Å²) in [7, 11) is 3.34. The summed E-state index contributed by atoms with van der Waals surface area (Å²) in [6, 6.07) is 2.63. The van der Waals surface area contributed by atoms with Crippen LogP contribution in [0, 0.1) is 5.82 Å². The first-order valence-electron chi connectivity index (χ1n) is 4.98. The molecular weight excluding hydrogens is 211 g/mol. The molecule has 0 fully saturated rings. The van der Waals surface area contributed by atoms with Gasteiger partial charge in [0.1, 0.15) is 5.82 Å². The van der Waals surface area contributed by atoms with Gasteiger partial charge in [0.15, 0.2) is 5.54 Å². The first-order valence-corrected chi connectivity index (χ1v) is 4.98. The van der Waals surface area contributed by atoms with Gasteiger partial charge in [0.25, 0.3) is 0 Å². The first-order chi connectivity index (χ1) is 7.45. The number of halogens is 1. The van der Waals surface area contributed by atoms with E-state index in [0.29, 0.717) is 12.1 Å². The number of nitrogens with zero attached hydrogens (tertiary/aromatic N) is 2. The molecule has 16 heavy (non-hydrogen) atoms. The number of carboxylic acid groups (broad SMARTS) is 1. The molecule has 0 aliphatic heterocycles. The van der Waals surface area contributed by atoms with Gasteiger partial charge in [-0.1, -0.05) is 6.92 Å². The quantitative estimate of drug-likeness (QED) is 0.844. The molecule has 0 aliphatic carbocycles. The highest BCUT2D eigenvalue weighted by molar-refractivity contribution is 5.80. The molecule has 0 aliphatic rings. The SMILES string of the molecule is CCC(C(=O)O)(c1ccc(F)cn1)N(C)C. The lowest BCUT2D eigenvalue weighted by molar-refractivity contribution is -0.151. The minimum atomic E-state index is -1.20. The predicted molar refractivity (Wildman–Crippen MR) is 57.5 cm³/mol. The fourth-order valence-corrected chi connectivity index (χ4v) is 1.80. The molecule has 1 N–H and O–H groups in total. The van der Waals surface area contributed by atoms with Crippen molar-refractivity contribution in [1.29, 1.82) is 0 Å². The Morgan fingerprint density at radius 2 is 2.19 bits per heavy atom. The highest BCUT2D eigenvalue weighted by atomic mass is 19.1. The van der Waals surface area contributed by atoms with Crippen molar-refractivity contribution >= 4 is 5.97 Å². The Morgan fingerprint density at radius 1 is 1.56 bits per heavy atom. The van der Waals surface area contributed by atoms with Crippen molar-refractivity contribution < 1.29 is 14.3 Å². The Labute approximate surface area is 93.7 Å². The summed E-state index contributed by atoms with van der Waals surface area (Å²) in [5, 5.41) is 9.34. The van der Waals surface area contributed by atoms with Crippen molar-refractivity contribution in [3.63, 3.8) is 0 Å². The van der Waals surface area contributed by atoms with E-state index >= 15 is 0 Å². The summed E-state index contributed by atoms with van der Waals surface area (Å²) in [5.41, 5.74) is -0.859. The van der Waals surface area contributed by atoms with Gasteiger partial charge in [0.2, 0.25) is 0 Å². The third-order valence-corrected chi connectivity index (χ3v) is 2.78. The van der Waals surface area contributed by atoms with Crippen LogP contribution in [0.25, 0.3) is 0 Å². The summed E-state index contributed by atoms with van der Waals surface area (Å²) < 4.78 is 12.8. The van der Waals surface area contributed by atoms with Gasteiger partial charge >= 0.3 is 5.97 Å². The second kappa shape index (κ2) is 4.57. The monoisotopic (exact) mass is 226 g/mol. The van der Waals surface area contributed by atoms with Gasteiger partial charge in [0.05, 0.1) is 11.9 Å². The summed E-state index contributed by atoms with van der Waals surface area (Å²) in [4.78, 5) is 16.8. The summed E-state index contributed by atoms with van der Waals surface area (Å²) >= 11 is 0. The molecule has 1 rings (SSSR count). The number of carboxylic acids is 1. The Hall–Kier alpha value is -1.49. The van der Waals surface area contributed by atoms with Crippen LogP contribution in [0.1, 0.15) is 19.0 Å². The summed E-state index contributed by atoms with van der Waals surface area (Å²) in [6.07, 6.45) is 1.39. The van der Waals surface area contributed by atoms with Crippen LogP contribution in [0.3, 0.4) is 0 Å².